The van der Waals surface area contributed by atoms with Crippen LogP contribution in [0, 0.1) is 16.0 Å². The maximum atomic E-state index is 14.3. The minimum absolute atomic E-state index is 0.0906. The van der Waals surface area contributed by atoms with Gasteiger partial charge in [-0.15, -0.1) is 0 Å². The fourth-order valence-electron chi connectivity index (χ4n) is 4.92. The normalized spacial score (nSPS) is 24.1. The number of nitrogens with zero attached hydrogens (tertiary/aromatic N) is 3. The van der Waals surface area contributed by atoms with E-state index in [1.807, 2.05) is 10.4 Å². The first kappa shape index (κ1) is 19.1. The number of nitrogens with one attached hydrogen (secondary N) is 1. The van der Waals surface area contributed by atoms with Gasteiger partial charge in [-0.25, -0.2) is 17.7 Å². The molecule has 1 saturated carbocycles. The number of pyridine rings is 1. The van der Waals surface area contributed by atoms with Gasteiger partial charge in [0.15, 0.2) is 11.6 Å². The van der Waals surface area contributed by atoms with E-state index in [0.29, 0.717) is 0 Å². The minimum Gasteiger partial charge on any atom is -0.494 e. The molecule has 1 unspecified atom stereocenters. The van der Waals surface area contributed by atoms with Gasteiger partial charge in [0.05, 0.1) is 17.9 Å². The van der Waals surface area contributed by atoms with Crippen molar-refractivity contribution in [3.05, 3.63) is 30.2 Å². The summed E-state index contributed by atoms with van der Waals surface area (Å²) >= 11 is 0. The van der Waals surface area contributed by atoms with Gasteiger partial charge in [0, 0.05) is 49.5 Å². The molecule has 1 atom stereocenters. The van der Waals surface area contributed by atoms with E-state index in [4.69, 9.17) is 9.52 Å². The molecule has 1 aromatic carbocycles. The van der Waals surface area contributed by atoms with Crippen molar-refractivity contribution in [2.24, 2.45) is 5.41 Å². The van der Waals surface area contributed by atoms with Crippen LogP contribution in [0.4, 0.5) is 10.1 Å². The fraction of sp³-hybridized carbons (Fsp3) is 0.571. The zero-order chi connectivity index (χ0) is 20.2. The lowest BCUT2D eigenvalue weighted by Crippen LogP contribution is -2.42. The predicted octanol–water partition coefficient (Wildman–Crippen LogP) is 3.80. The maximum Gasteiger partial charge on any atom is 0.165 e. The van der Waals surface area contributed by atoms with E-state index in [1.165, 1.54) is 13.2 Å². The van der Waals surface area contributed by atoms with Crippen LogP contribution >= 0.6 is 0 Å². The van der Waals surface area contributed by atoms with Crippen LogP contribution in [-0.2, 0) is 9.92 Å². The van der Waals surface area contributed by atoms with E-state index >= 15 is 0 Å². The number of anilines is 1. The molecule has 1 aliphatic carbocycles. The summed E-state index contributed by atoms with van der Waals surface area (Å²) in [6.45, 7) is 3.32. The van der Waals surface area contributed by atoms with Gasteiger partial charge >= 0.3 is 0 Å². The zero-order valence-corrected chi connectivity index (χ0v) is 17.5. The Bertz CT molecular complexity index is 1050. The summed E-state index contributed by atoms with van der Waals surface area (Å²) in [4.78, 5) is 6.69. The van der Waals surface area contributed by atoms with Crippen LogP contribution in [0.15, 0.2) is 24.4 Å². The van der Waals surface area contributed by atoms with Crippen molar-refractivity contribution >= 4 is 26.5 Å². The van der Waals surface area contributed by atoms with Crippen molar-refractivity contribution in [3.63, 3.8) is 0 Å². The molecule has 1 spiro atoms. The first-order chi connectivity index (χ1) is 13.9. The third kappa shape index (κ3) is 3.26. The van der Waals surface area contributed by atoms with E-state index in [-0.39, 0.29) is 22.2 Å². The van der Waals surface area contributed by atoms with Crippen LogP contribution in [-0.4, -0.2) is 52.0 Å². The predicted molar refractivity (Wildman–Crippen MR) is 112 cm³/mol. The SMILES string of the molecule is COc1cc2nccc(N3CCC4(CC3)CCN(S(=N)(=O)C3CC3)C4)c2cc1F. The number of halogens is 1. The van der Waals surface area contributed by atoms with Crippen molar-refractivity contribution in [3.8, 4) is 5.75 Å². The third-order valence-corrected chi connectivity index (χ3v) is 9.37. The van der Waals surface area contributed by atoms with E-state index < -0.39 is 9.92 Å². The first-order valence-electron chi connectivity index (χ1n) is 10.3. The molecule has 0 radical (unpaired) electrons. The number of hydrogen-bond acceptors (Lipinski definition) is 5. The van der Waals surface area contributed by atoms with Gasteiger partial charge in [-0.1, -0.05) is 0 Å². The second kappa shape index (κ2) is 6.80. The Morgan fingerprint density at radius 1 is 1.24 bits per heavy atom. The summed E-state index contributed by atoms with van der Waals surface area (Å²) < 4.78 is 42.5. The van der Waals surface area contributed by atoms with E-state index in [1.54, 1.807) is 12.3 Å². The highest BCUT2D eigenvalue weighted by molar-refractivity contribution is 7.91. The summed E-state index contributed by atoms with van der Waals surface area (Å²) in [7, 11) is -1.13. The van der Waals surface area contributed by atoms with Crippen molar-refractivity contribution in [1.82, 2.24) is 9.29 Å². The lowest BCUT2D eigenvalue weighted by atomic mass is 9.77. The van der Waals surface area contributed by atoms with Crippen LogP contribution in [0.25, 0.3) is 10.9 Å². The largest absolute Gasteiger partial charge is 0.494 e. The number of rotatable bonds is 4. The third-order valence-electron chi connectivity index (χ3n) is 6.92. The van der Waals surface area contributed by atoms with Gasteiger partial charge in [0.2, 0.25) is 0 Å². The number of ether oxygens (including phenoxy) is 1. The van der Waals surface area contributed by atoms with E-state index in [2.05, 4.69) is 9.88 Å². The highest BCUT2D eigenvalue weighted by Gasteiger charge is 2.46. The molecule has 2 saturated heterocycles. The standard InChI is InChI=1S/C21H27FN4O2S/c1-28-20-13-18-16(12-17(20)22)19(4-8-24-18)25-9-5-21(6-10-25)7-11-26(14-21)29(23,27)15-2-3-15/h4,8,12-13,15,23H,2-3,5-7,9-11,14H2,1H3. The average molecular weight is 419 g/mol. The molecular formula is C21H27FN4O2S. The fourth-order valence-corrected chi connectivity index (χ4v) is 6.94. The molecule has 0 amide bonds. The number of benzene rings is 1. The Hall–Kier alpha value is -1.93. The van der Waals surface area contributed by atoms with Gasteiger partial charge in [0.25, 0.3) is 0 Å². The molecule has 5 rings (SSSR count). The molecule has 6 nitrogen and oxygen atoms in total. The molecule has 1 N–H and O–H groups in total. The molecule has 1 aromatic heterocycles. The Balaban J connectivity index is 1.34. The number of hydrogen-bond donors (Lipinski definition) is 1. The van der Waals surface area contributed by atoms with E-state index in [9.17, 15) is 8.60 Å². The molecule has 8 heteroatoms. The minimum atomic E-state index is -2.59. The Labute approximate surface area is 171 Å². The summed E-state index contributed by atoms with van der Waals surface area (Å²) in [5, 5.41) is 0.894. The van der Waals surface area contributed by atoms with Gasteiger partial charge < -0.3 is 9.64 Å². The maximum absolute atomic E-state index is 14.3. The van der Waals surface area contributed by atoms with Crippen LogP contribution in [0.5, 0.6) is 5.75 Å². The van der Waals surface area contributed by atoms with Crippen molar-refractivity contribution in [2.75, 3.05) is 38.2 Å². The summed E-state index contributed by atoms with van der Waals surface area (Å²) in [6.07, 6.45) is 6.68. The second-order valence-electron chi connectivity index (χ2n) is 8.70. The summed E-state index contributed by atoms with van der Waals surface area (Å²) in [5.41, 5.74) is 1.89. The lowest BCUT2D eigenvalue weighted by Gasteiger charge is -2.40. The number of methoxy groups -OCH3 is 1. The van der Waals surface area contributed by atoms with Gasteiger partial charge in [-0.2, -0.15) is 0 Å². The molecular weight excluding hydrogens is 391 g/mol. The quantitative estimate of drug-likeness (QED) is 0.820. The highest BCUT2D eigenvalue weighted by atomic mass is 32.2. The van der Waals surface area contributed by atoms with Gasteiger partial charge in [0.1, 0.15) is 9.92 Å². The van der Waals surface area contributed by atoms with E-state index in [0.717, 1.165) is 74.9 Å². The molecule has 2 aromatic rings. The van der Waals surface area contributed by atoms with Crippen molar-refractivity contribution < 1.29 is 13.3 Å². The van der Waals surface area contributed by atoms with Crippen molar-refractivity contribution in [1.29, 1.82) is 4.78 Å². The molecule has 3 heterocycles. The average Bonchev–Trinajstić information content (AvgIpc) is 3.50. The molecule has 3 aliphatic rings. The first-order valence-corrected chi connectivity index (χ1v) is 11.9. The van der Waals surface area contributed by atoms with Crippen LogP contribution in [0.1, 0.15) is 32.1 Å². The summed E-state index contributed by atoms with van der Waals surface area (Å²) in [5.74, 6) is -0.167. The Morgan fingerprint density at radius 3 is 2.66 bits per heavy atom. The monoisotopic (exact) mass is 418 g/mol. The highest BCUT2D eigenvalue weighted by Crippen LogP contribution is 2.45. The molecule has 3 fully saturated rings. The van der Waals surface area contributed by atoms with Gasteiger partial charge in [-0.05, 0) is 49.7 Å². The molecule has 156 valence electrons. The number of fused-ring (bicyclic) bond motifs is 1. The van der Waals surface area contributed by atoms with Crippen molar-refractivity contribution in [2.45, 2.75) is 37.4 Å². The molecule has 2 aliphatic heterocycles. The van der Waals surface area contributed by atoms with Crippen LogP contribution < -0.4 is 9.64 Å². The van der Waals surface area contributed by atoms with Crippen LogP contribution in [0.2, 0.25) is 0 Å². The molecule has 29 heavy (non-hydrogen) atoms. The zero-order valence-electron chi connectivity index (χ0n) is 16.7. The number of aromatic nitrogens is 1. The summed E-state index contributed by atoms with van der Waals surface area (Å²) in [6, 6.07) is 5.12. The second-order valence-corrected chi connectivity index (χ2v) is 11.0. The van der Waals surface area contributed by atoms with Crippen LogP contribution in [0.3, 0.4) is 0 Å². The Morgan fingerprint density at radius 2 is 1.97 bits per heavy atom. The Kier molecular flexibility index (Phi) is 4.47. The topological polar surface area (TPSA) is 69.5 Å². The smallest absolute Gasteiger partial charge is 0.165 e. The lowest BCUT2D eigenvalue weighted by molar-refractivity contribution is 0.236. The van der Waals surface area contributed by atoms with Gasteiger partial charge in [-0.3, -0.25) is 4.98 Å². The number of piperidine rings is 1. The molecule has 0 bridgehead atoms.